The molecule has 60 heavy (non-hydrogen) atoms. The van der Waals surface area contributed by atoms with Gasteiger partial charge in [0, 0.05) is 28.2 Å². The molecule has 6 heterocycles. The van der Waals surface area contributed by atoms with Crippen LogP contribution in [0.4, 0.5) is 39.5 Å². The molecule has 6 rings (SSSR count). The molecule has 0 radical (unpaired) electrons. The van der Waals surface area contributed by atoms with E-state index in [0.29, 0.717) is 18.7 Å². The third kappa shape index (κ3) is 8.18. The molecule has 0 bridgehead atoms. The Morgan fingerprint density at radius 2 is 0.983 bits per heavy atom. The Balaban J connectivity index is 0.000000246. The Morgan fingerprint density at radius 1 is 0.567 bits per heavy atom. The van der Waals surface area contributed by atoms with E-state index in [2.05, 4.69) is 72.7 Å². The first kappa shape index (κ1) is 45.9. The predicted molar refractivity (Wildman–Crippen MR) is 196 cm³/mol. The minimum atomic E-state index is -7.13. The molecule has 0 saturated heterocycles. The van der Waals surface area contributed by atoms with Crippen molar-refractivity contribution in [3.63, 3.8) is 0 Å². The lowest BCUT2D eigenvalue weighted by Crippen LogP contribution is -2.59. The van der Waals surface area contributed by atoms with Crippen LogP contribution >= 0.6 is 22.6 Å². The van der Waals surface area contributed by atoms with E-state index in [1.165, 1.54) is 42.2 Å². The molecular weight excluding hydrogens is 982 g/mol. The fourth-order valence-electron chi connectivity index (χ4n) is 4.99. The van der Waals surface area contributed by atoms with Crippen LogP contribution in [0.25, 0.3) is 46.3 Å². The van der Waals surface area contributed by atoms with Crippen molar-refractivity contribution in [3.05, 3.63) is 46.8 Å². The van der Waals surface area contributed by atoms with E-state index in [4.69, 9.17) is 0 Å². The van der Waals surface area contributed by atoms with Gasteiger partial charge in [0.25, 0.3) is 0 Å². The van der Waals surface area contributed by atoms with Gasteiger partial charge in [-0.2, -0.15) is 39.5 Å². The van der Waals surface area contributed by atoms with Gasteiger partial charge in [-0.3, -0.25) is 9.36 Å². The van der Waals surface area contributed by atoms with Crippen LogP contribution in [0.5, 0.6) is 0 Å². The summed E-state index contributed by atoms with van der Waals surface area (Å²) in [6.07, 6.45) is -0.671. The van der Waals surface area contributed by atoms with Gasteiger partial charge in [-0.05, 0) is 22.6 Å². The first-order valence-electron chi connectivity index (χ1n) is 16.4. The number of nitrogens with zero attached hydrogens (tertiary/aromatic N) is 14. The molecule has 324 valence electrons. The van der Waals surface area contributed by atoms with Crippen LogP contribution in [0, 0.1) is 3.70 Å². The number of halogens is 10. The Morgan fingerprint density at radius 3 is 1.33 bits per heavy atom. The zero-order valence-corrected chi connectivity index (χ0v) is 35.2. The van der Waals surface area contributed by atoms with Crippen molar-refractivity contribution < 1.29 is 56.3 Å². The van der Waals surface area contributed by atoms with E-state index in [0.717, 1.165) is 9.90 Å². The molecule has 6 aromatic heterocycles. The van der Waals surface area contributed by atoms with Crippen molar-refractivity contribution in [3.8, 4) is 46.3 Å². The molecule has 6 aromatic rings. The maximum absolute atomic E-state index is 14.5. The number of aryl methyl sites for hydroxylation is 2. The minimum Gasteiger partial charge on any atom is -0.325 e. The number of sulfone groups is 2. The van der Waals surface area contributed by atoms with Crippen LogP contribution in [-0.4, -0.2) is 115 Å². The van der Waals surface area contributed by atoms with Crippen LogP contribution in [-0.2, 0) is 53.8 Å². The van der Waals surface area contributed by atoms with Crippen molar-refractivity contribution in [1.29, 1.82) is 0 Å². The number of imidazole rings is 2. The van der Waals surface area contributed by atoms with Crippen LogP contribution in [0.2, 0.25) is 0 Å². The Hall–Kier alpha value is -5.14. The summed E-state index contributed by atoms with van der Waals surface area (Å²) >= 11 is 2.12. The van der Waals surface area contributed by atoms with Crippen LogP contribution in [0.3, 0.4) is 0 Å². The molecular formula is C30H28F9IN14O4S2. The average Bonchev–Trinajstić information content (AvgIpc) is 3.99. The molecule has 18 nitrogen and oxygen atoms in total. The van der Waals surface area contributed by atoms with Gasteiger partial charge < -0.3 is 9.13 Å². The second kappa shape index (κ2) is 16.0. The normalized spacial score (nSPS) is 13.1. The van der Waals surface area contributed by atoms with Crippen molar-refractivity contribution >= 4 is 42.3 Å². The van der Waals surface area contributed by atoms with E-state index < -0.39 is 71.5 Å². The quantitative estimate of drug-likeness (QED) is 0.129. The summed E-state index contributed by atoms with van der Waals surface area (Å²) in [6.45, 7) is 2.78. The van der Waals surface area contributed by atoms with E-state index in [1.807, 2.05) is 0 Å². The Kier molecular flexibility index (Phi) is 12.3. The minimum absolute atomic E-state index is 0.0347. The van der Waals surface area contributed by atoms with Crippen molar-refractivity contribution in [2.45, 2.75) is 47.6 Å². The molecule has 0 aliphatic heterocycles. The number of rotatable bonds is 11. The first-order valence-corrected chi connectivity index (χ1v) is 20.8. The molecule has 0 N–H and O–H groups in total. The smallest absolute Gasteiger partial charge is 0.325 e. The first-order chi connectivity index (χ1) is 27.6. The standard InChI is InChI=1S/C17H14F9N7O2S.C13H14IN7O2S/c1-4-36(34,35)8-5-27-11(12-29-7-32(2)31-12)30-10(8)13-28-6-9(33(13)3)14(18,19)15(20,21)16(22,23)17(24,25)26;1-4-24(22,23)8-5-15-11(12-17-7-20(2)19-12)18-10(8)13-16-6-9(14)21(13)3/h5-7H,4H2,1-3H3;5-7H,4H2,1-3H3. The van der Waals surface area contributed by atoms with Gasteiger partial charge in [0.1, 0.15) is 39.5 Å². The van der Waals surface area contributed by atoms with Crippen LogP contribution < -0.4 is 0 Å². The highest BCUT2D eigenvalue weighted by Crippen LogP contribution is 2.56. The summed E-state index contributed by atoms with van der Waals surface area (Å²) < 4.78 is 176. The number of hydrogen-bond acceptors (Lipinski definition) is 14. The lowest BCUT2D eigenvalue weighted by atomic mass is 10.0. The topological polar surface area (TPSA) is 217 Å². The van der Waals surface area contributed by atoms with Gasteiger partial charge in [-0.1, -0.05) is 13.8 Å². The van der Waals surface area contributed by atoms with Gasteiger partial charge in [-0.15, -0.1) is 10.2 Å². The molecule has 0 aliphatic carbocycles. The lowest BCUT2D eigenvalue weighted by Gasteiger charge is -2.33. The summed E-state index contributed by atoms with van der Waals surface area (Å²) in [5, 5.41) is 8.03. The molecule has 0 atom stereocenters. The van der Waals surface area contributed by atoms with Gasteiger partial charge >= 0.3 is 23.9 Å². The summed E-state index contributed by atoms with van der Waals surface area (Å²) in [7, 11) is -2.15. The number of alkyl halides is 9. The largest absolute Gasteiger partial charge is 0.460 e. The van der Waals surface area contributed by atoms with Crippen molar-refractivity contribution in [1.82, 2.24) is 68.6 Å². The molecule has 0 spiro atoms. The molecule has 0 amide bonds. The molecule has 0 saturated carbocycles. The molecule has 0 aliphatic rings. The van der Waals surface area contributed by atoms with Crippen molar-refractivity contribution in [2.24, 2.45) is 28.2 Å². The fourth-order valence-corrected chi connectivity index (χ4v) is 7.27. The number of hydrogen-bond donors (Lipinski definition) is 0. The highest BCUT2D eigenvalue weighted by atomic mass is 127. The summed E-state index contributed by atoms with van der Waals surface area (Å²) in [4.78, 5) is 31.1. The van der Waals surface area contributed by atoms with Crippen LogP contribution in [0.1, 0.15) is 19.5 Å². The van der Waals surface area contributed by atoms with E-state index in [9.17, 15) is 56.3 Å². The second-order valence-electron chi connectivity index (χ2n) is 12.3. The third-order valence-electron chi connectivity index (χ3n) is 8.35. The zero-order valence-electron chi connectivity index (χ0n) is 31.4. The summed E-state index contributed by atoms with van der Waals surface area (Å²) in [5.41, 5.74) is -2.55. The van der Waals surface area contributed by atoms with Crippen molar-refractivity contribution in [2.75, 3.05) is 11.5 Å². The SMILES string of the molecule is CCS(=O)(=O)c1cnc(-c2ncn(C)n2)nc1-c1ncc(C(F)(F)C(F)(F)C(F)(F)C(F)(F)F)n1C.CCS(=O)(=O)c1cnc(-c2ncn(C)n2)nc1-c1ncc(I)n1C. The average molecular weight is 1010 g/mol. The highest BCUT2D eigenvalue weighted by Gasteiger charge is 2.82. The third-order valence-corrected chi connectivity index (χ3v) is 12.8. The van der Waals surface area contributed by atoms with Gasteiger partial charge in [0.2, 0.25) is 11.6 Å². The Bertz CT molecular complexity index is 2790. The van der Waals surface area contributed by atoms with Crippen LogP contribution in [0.15, 0.2) is 47.2 Å². The Labute approximate surface area is 346 Å². The second-order valence-corrected chi connectivity index (χ2v) is 17.9. The molecule has 30 heteroatoms. The summed E-state index contributed by atoms with van der Waals surface area (Å²) in [6, 6.07) is 0. The highest BCUT2D eigenvalue weighted by molar-refractivity contribution is 14.1. The zero-order chi connectivity index (χ0) is 45.0. The van der Waals surface area contributed by atoms with E-state index >= 15 is 0 Å². The maximum atomic E-state index is 14.5. The summed E-state index contributed by atoms with van der Waals surface area (Å²) in [5.74, 6) is -21.2. The molecule has 0 aromatic carbocycles. The molecule has 0 fully saturated rings. The van der Waals surface area contributed by atoms with Gasteiger partial charge in [0.05, 0.1) is 40.0 Å². The maximum Gasteiger partial charge on any atom is 0.460 e. The van der Waals surface area contributed by atoms with E-state index in [1.54, 1.807) is 31.8 Å². The van der Waals surface area contributed by atoms with Gasteiger partial charge in [-0.25, -0.2) is 56.7 Å². The fraction of sp³-hybridized carbons (Fsp3) is 0.400. The predicted octanol–water partition coefficient (Wildman–Crippen LogP) is 4.46. The monoisotopic (exact) mass is 1010 g/mol. The number of aromatic nitrogens is 14. The van der Waals surface area contributed by atoms with Gasteiger partial charge in [0.15, 0.2) is 43.0 Å². The van der Waals surface area contributed by atoms with E-state index in [-0.39, 0.29) is 44.6 Å². The lowest BCUT2D eigenvalue weighted by molar-refractivity contribution is -0.400. The molecule has 0 unspecified atom stereocenters.